The van der Waals surface area contributed by atoms with Gasteiger partial charge in [-0.05, 0) is 51.3 Å². The summed E-state index contributed by atoms with van der Waals surface area (Å²) in [6.07, 6.45) is 5.46. The summed E-state index contributed by atoms with van der Waals surface area (Å²) in [7, 11) is 0. The first kappa shape index (κ1) is 21.6. The van der Waals surface area contributed by atoms with E-state index in [1.807, 2.05) is 74.2 Å². The first-order valence-electron chi connectivity index (χ1n) is 10.9. The molecule has 0 radical (unpaired) electrons. The van der Waals surface area contributed by atoms with Crippen LogP contribution in [0.5, 0.6) is 0 Å². The molecule has 1 fully saturated rings. The standard InChI is InChI=1S/C25H28N6O/c1-17-14-18(2)27-25(26-17)30-23-15-22(28-19(3)29-23)21-10-7-13-31(16-21)24(32)12-11-20-8-5-4-6-9-20/h4-6,8-9,11-12,14-15,21H,7,10,13,16H2,1-3H3,(H,26,27,28,29,30)/b12-11+/t21-/m1/s1. The highest BCUT2D eigenvalue weighted by Crippen LogP contribution is 2.27. The van der Waals surface area contributed by atoms with E-state index in [2.05, 4.69) is 25.3 Å². The molecule has 1 aliphatic rings. The molecule has 3 aromatic rings. The molecular weight excluding hydrogens is 400 g/mol. The molecule has 0 aliphatic carbocycles. The maximum absolute atomic E-state index is 12.8. The number of piperidine rings is 1. The lowest BCUT2D eigenvalue weighted by atomic mass is 9.94. The zero-order chi connectivity index (χ0) is 22.5. The van der Waals surface area contributed by atoms with E-state index in [4.69, 9.17) is 0 Å². The minimum atomic E-state index is 0.0336. The number of nitrogens with one attached hydrogen (secondary N) is 1. The van der Waals surface area contributed by atoms with Gasteiger partial charge in [-0.15, -0.1) is 0 Å². The van der Waals surface area contributed by atoms with Crippen molar-refractivity contribution in [2.45, 2.75) is 39.5 Å². The van der Waals surface area contributed by atoms with Crippen LogP contribution in [0.25, 0.3) is 6.08 Å². The number of hydrogen-bond donors (Lipinski definition) is 1. The van der Waals surface area contributed by atoms with Crippen LogP contribution < -0.4 is 5.32 Å². The number of carbonyl (C=O) groups excluding carboxylic acids is 1. The molecule has 3 heterocycles. The lowest BCUT2D eigenvalue weighted by Gasteiger charge is -2.32. The second kappa shape index (κ2) is 9.68. The quantitative estimate of drug-likeness (QED) is 0.608. The van der Waals surface area contributed by atoms with Gasteiger partial charge in [-0.3, -0.25) is 4.79 Å². The molecule has 32 heavy (non-hydrogen) atoms. The predicted molar refractivity (Wildman–Crippen MR) is 126 cm³/mol. The summed E-state index contributed by atoms with van der Waals surface area (Å²) in [5, 5.41) is 3.21. The molecule has 7 nitrogen and oxygen atoms in total. The van der Waals surface area contributed by atoms with Gasteiger partial charge in [-0.25, -0.2) is 19.9 Å². The van der Waals surface area contributed by atoms with Crippen molar-refractivity contribution in [3.63, 3.8) is 0 Å². The van der Waals surface area contributed by atoms with Crippen molar-refractivity contribution in [3.05, 3.63) is 77.0 Å². The Labute approximate surface area is 188 Å². The number of anilines is 2. The number of aryl methyl sites for hydroxylation is 3. The zero-order valence-corrected chi connectivity index (χ0v) is 18.7. The Hall–Kier alpha value is -3.61. The Morgan fingerprint density at radius 1 is 1.03 bits per heavy atom. The van der Waals surface area contributed by atoms with Gasteiger partial charge in [-0.1, -0.05) is 30.3 Å². The van der Waals surface area contributed by atoms with Crippen LogP contribution in [-0.2, 0) is 4.79 Å². The molecule has 1 aliphatic heterocycles. The van der Waals surface area contributed by atoms with Crippen molar-refractivity contribution < 1.29 is 4.79 Å². The monoisotopic (exact) mass is 428 g/mol. The van der Waals surface area contributed by atoms with Crippen LogP contribution in [0.3, 0.4) is 0 Å². The van der Waals surface area contributed by atoms with Crippen LogP contribution >= 0.6 is 0 Å². The molecule has 4 rings (SSSR count). The Morgan fingerprint density at radius 2 is 1.78 bits per heavy atom. The highest BCUT2D eigenvalue weighted by molar-refractivity contribution is 5.91. The molecule has 1 amide bonds. The smallest absolute Gasteiger partial charge is 0.246 e. The van der Waals surface area contributed by atoms with Crippen molar-refractivity contribution in [3.8, 4) is 0 Å². The van der Waals surface area contributed by atoms with Gasteiger partial charge in [0.05, 0.1) is 5.69 Å². The van der Waals surface area contributed by atoms with Crippen LogP contribution in [0.15, 0.2) is 48.5 Å². The second-order valence-corrected chi connectivity index (χ2v) is 8.19. The fraction of sp³-hybridized carbons (Fsp3) is 0.320. The number of carbonyl (C=O) groups is 1. The molecule has 1 N–H and O–H groups in total. The molecule has 1 saturated heterocycles. The van der Waals surface area contributed by atoms with Crippen molar-refractivity contribution >= 4 is 23.7 Å². The lowest BCUT2D eigenvalue weighted by molar-refractivity contribution is -0.127. The summed E-state index contributed by atoms with van der Waals surface area (Å²) < 4.78 is 0. The number of likely N-dealkylation sites (tertiary alicyclic amines) is 1. The number of nitrogens with zero attached hydrogens (tertiary/aromatic N) is 5. The summed E-state index contributed by atoms with van der Waals surface area (Å²) >= 11 is 0. The topological polar surface area (TPSA) is 83.9 Å². The molecule has 0 saturated carbocycles. The zero-order valence-electron chi connectivity index (χ0n) is 18.7. The van der Waals surface area contributed by atoms with E-state index in [0.29, 0.717) is 24.1 Å². The number of aromatic nitrogens is 4. The molecule has 1 atom stereocenters. The average molecular weight is 429 g/mol. The van der Waals surface area contributed by atoms with Crippen LogP contribution in [0, 0.1) is 20.8 Å². The van der Waals surface area contributed by atoms with Crippen LogP contribution in [0.2, 0.25) is 0 Å². The van der Waals surface area contributed by atoms with Gasteiger partial charge >= 0.3 is 0 Å². The normalized spacial score (nSPS) is 16.3. The third kappa shape index (κ3) is 5.55. The van der Waals surface area contributed by atoms with Gasteiger partial charge in [0.25, 0.3) is 0 Å². The van der Waals surface area contributed by atoms with E-state index in [1.54, 1.807) is 6.08 Å². The van der Waals surface area contributed by atoms with E-state index in [9.17, 15) is 4.79 Å². The summed E-state index contributed by atoms with van der Waals surface area (Å²) in [5.74, 6) is 2.08. The fourth-order valence-electron chi connectivity index (χ4n) is 4.02. The first-order chi connectivity index (χ1) is 15.5. The van der Waals surface area contributed by atoms with Gasteiger partial charge in [-0.2, -0.15) is 0 Å². The van der Waals surface area contributed by atoms with Crippen LogP contribution in [-0.4, -0.2) is 43.8 Å². The number of hydrogen-bond acceptors (Lipinski definition) is 6. The van der Waals surface area contributed by atoms with Crippen molar-refractivity contribution in [1.29, 1.82) is 0 Å². The summed E-state index contributed by atoms with van der Waals surface area (Å²) in [6.45, 7) is 7.17. The van der Waals surface area contributed by atoms with E-state index in [1.165, 1.54) is 0 Å². The third-order valence-electron chi connectivity index (χ3n) is 5.45. The van der Waals surface area contributed by atoms with Gasteiger partial charge in [0, 0.05) is 42.5 Å². The SMILES string of the molecule is Cc1cc(C)nc(Nc2cc([C@@H]3CCCN(C(=O)/C=C/c4ccccc4)C3)nc(C)n2)n1. The minimum absolute atomic E-state index is 0.0336. The molecule has 1 aromatic carbocycles. The third-order valence-corrected chi connectivity index (χ3v) is 5.45. The Bertz CT molecular complexity index is 1110. The highest BCUT2D eigenvalue weighted by Gasteiger charge is 2.25. The maximum atomic E-state index is 12.8. The molecule has 0 unspecified atom stereocenters. The molecule has 0 spiro atoms. The summed E-state index contributed by atoms with van der Waals surface area (Å²) in [5.41, 5.74) is 3.76. The summed E-state index contributed by atoms with van der Waals surface area (Å²) in [6, 6.07) is 13.8. The Kier molecular flexibility index (Phi) is 6.54. The Balaban J connectivity index is 1.48. The van der Waals surface area contributed by atoms with E-state index in [0.717, 1.165) is 42.0 Å². The molecule has 7 heteroatoms. The van der Waals surface area contributed by atoms with Gasteiger partial charge in [0.15, 0.2) is 0 Å². The number of rotatable bonds is 5. The second-order valence-electron chi connectivity index (χ2n) is 8.19. The van der Waals surface area contributed by atoms with Crippen molar-refractivity contribution in [2.75, 3.05) is 18.4 Å². The molecule has 0 bridgehead atoms. The maximum Gasteiger partial charge on any atom is 0.246 e. The van der Waals surface area contributed by atoms with Crippen LogP contribution in [0.1, 0.15) is 47.2 Å². The van der Waals surface area contributed by atoms with Gasteiger partial charge in [0.1, 0.15) is 11.6 Å². The molecular formula is C25H28N6O. The van der Waals surface area contributed by atoms with Crippen molar-refractivity contribution in [1.82, 2.24) is 24.8 Å². The van der Waals surface area contributed by atoms with E-state index in [-0.39, 0.29) is 11.8 Å². The minimum Gasteiger partial charge on any atom is -0.338 e. The predicted octanol–water partition coefficient (Wildman–Crippen LogP) is 4.35. The Morgan fingerprint density at radius 3 is 2.53 bits per heavy atom. The highest BCUT2D eigenvalue weighted by atomic mass is 16.2. The lowest BCUT2D eigenvalue weighted by Crippen LogP contribution is -2.38. The van der Waals surface area contributed by atoms with Crippen LogP contribution in [0.4, 0.5) is 11.8 Å². The van der Waals surface area contributed by atoms with E-state index < -0.39 is 0 Å². The largest absolute Gasteiger partial charge is 0.338 e. The van der Waals surface area contributed by atoms with E-state index >= 15 is 0 Å². The van der Waals surface area contributed by atoms with Crippen molar-refractivity contribution in [2.24, 2.45) is 0 Å². The number of benzene rings is 1. The first-order valence-corrected chi connectivity index (χ1v) is 10.9. The average Bonchev–Trinajstić information content (AvgIpc) is 2.77. The van der Waals surface area contributed by atoms with Gasteiger partial charge < -0.3 is 10.2 Å². The van der Waals surface area contributed by atoms with Gasteiger partial charge in [0.2, 0.25) is 11.9 Å². The number of amides is 1. The molecule has 2 aromatic heterocycles. The fourth-order valence-corrected chi connectivity index (χ4v) is 4.02. The summed E-state index contributed by atoms with van der Waals surface area (Å²) in [4.78, 5) is 32.7. The molecule has 164 valence electrons.